The third-order valence-corrected chi connectivity index (χ3v) is 3.67. The van der Waals surface area contributed by atoms with Gasteiger partial charge in [-0.05, 0) is 19.1 Å². The molecule has 18 heavy (non-hydrogen) atoms. The van der Waals surface area contributed by atoms with Gasteiger partial charge in [0.1, 0.15) is 5.01 Å². The summed E-state index contributed by atoms with van der Waals surface area (Å²) < 4.78 is 0. The molecule has 3 heteroatoms. The van der Waals surface area contributed by atoms with Gasteiger partial charge in [0.2, 0.25) is 0 Å². The van der Waals surface area contributed by atoms with E-state index in [-0.39, 0.29) is 0 Å². The molecule has 2 aromatic heterocycles. The van der Waals surface area contributed by atoms with Gasteiger partial charge in [0.05, 0.1) is 5.69 Å². The fraction of sp³-hybridized carbons (Fsp3) is 0.0667. The van der Waals surface area contributed by atoms with Crippen LogP contribution in [0.2, 0.25) is 0 Å². The predicted octanol–water partition coefficient (Wildman–Crippen LogP) is 4.18. The highest BCUT2D eigenvalue weighted by atomic mass is 32.1. The Morgan fingerprint density at radius 3 is 2.33 bits per heavy atom. The zero-order valence-corrected chi connectivity index (χ0v) is 10.8. The SMILES string of the molecule is Cc1ccc(-c2nc(-c3ccncc3)cs2)cc1. The molecule has 0 bridgehead atoms. The number of rotatable bonds is 2. The highest BCUT2D eigenvalue weighted by molar-refractivity contribution is 7.13. The second-order valence-corrected chi connectivity index (χ2v) is 5.00. The maximum absolute atomic E-state index is 4.67. The molecule has 0 saturated heterocycles. The number of pyridine rings is 1. The lowest BCUT2D eigenvalue weighted by Crippen LogP contribution is -1.80. The van der Waals surface area contributed by atoms with E-state index in [4.69, 9.17) is 0 Å². The number of aromatic nitrogens is 2. The first-order chi connectivity index (χ1) is 8.83. The summed E-state index contributed by atoms with van der Waals surface area (Å²) >= 11 is 1.67. The Balaban J connectivity index is 1.97. The molecule has 0 aliphatic rings. The van der Waals surface area contributed by atoms with Crippen molar-refractivity contribution in [1.29, 1.82) is 0 Å². The Labute approximate surface area is 110 Å². The summed E-state index contributed by atoms with van der Waals surface area (Å²) in [7, 11) is 0. The Morgan fingerprint density at radius 2 is 1.61 bits per heavy atom. The highest BCUT2D eigenvalue weighted by Gasteiger charge is 2.05. The van der Waals surface area contributed by atoms with Crippen molar-refractivity contribution in [2.24, 2.45) is 0 Å². The van der Waals surface area contributed by atoms with Crippen LogP contribution in [0.5, 0.6) is 0 Å². The maximum atomic E-state index is 4.67. The van der Waals surface area contributed by atoms with E-state index in [1.165, 1.54) is 11.1 Å². The van der Waals surface area contributed by atoms with E-state index in [0.29, 0.717) is 0 Å². The Hall–Kier alpha value is -2.00. The number of benzene rings is 1. The average molecular weight is 252 g/mol. The van der Waals surface area contributed by atoms with Crippen LogP contribution in [-0.4, -0.2) is 9.97 Å². The van der Waals surface area contributed by atoms with Gasteiger partial charge < -0.3 is 0 Å². The van der Waals surface area contributed by atoms with E-state index in [0.717, 1.165) is 16.3 Å². The van der Waals surface area contributed by atoms with E-state index < -0.39 is 0 Å². The molecule has 88 valence electrons. The van der Waals surface area contributed by atoms with E-state index in [9.17, 15) is 0 Å². The molecule has 0 aliphatic carbocycles. The Kier molecular flexibility index (Phi) is 2.90. The molecule has 1 aromatic carbocycles. The molecular weight excluding hydrogens is 240 g/mol. The van der Waals surface area contributed by atoms with Crippen LogP contribution < -0.4 is 0 Å². The molecule has 0 spiro atoms. The lowest BCUT2D eigenvalue weighted by atomic mass is 10.1. The molecular formula is C15H12N2S. The number of aryl methyl sites for hydroxylation is 1. The molecule has 0 unspecified atom stereocenters. The van der Waals surface area contributed by atoms with Gasteiger partial charge in [0.15, 0.2) is 0 Å². The van der Waals surface area contributed by atoms with Crippen molar-refractivity contribution in [2.75, 3.05) is 0 Å². The lowest BCUT2D eigenvalue weighted by molar-refractivity contribution is 1.31. The van der Waals surface area contributed by atoms with Crippen molar-refractivity contribution in [3.05, 3.63) is 59.7 Å². The Morgan fingerprint density at radius 1 is 0.889 bits per heavy atom. The monoisotopic (exact) mass is 252 g/mol. The third kappa shape index (κ3) is 2.17. The fourth-order valence-corrected chi connectivity index (χ4v) is 2.59. The van der Waals surface area contributed by atoms with E-state index >= 15 is 0 Å². The highest BCUT2D eigenvalue weighted by Crippen LogP contribution is 2.28. The third-order valence-electron chi connectivity index (χ3n) is 2.78. The Bertz CT molecular complexity index is 642. The van der Waals surface area contributed by atoms with Crippen molar-refractivity contribution in [3.8, 4) is 21.8 Å². The molecule has 2 heterocycles. The molecule has 3 rings (SSSR count). The molecule has 0 amide bonds. The number of hydrogen-bond donors (Lipinski definition) is 0. The van der Waals surface area contributed by atoms with Crippen molar-refractivity contribution >= 4 is 11.3 Å². The van der Waals surface area contributed by atoms with Crippen LogP contribution in [0.4, 0.5) is 0 Å². The smallest absolute Gasteiger partial charge is 0.124 e. The molecule has 0 atom stereocenters. The van der Waals surface area contributed by atoms with Gasteiger partial charge in [0.25, 0.3) is 0 Å². The van der Waals surface area contributed by atoms with Crippen molar-refractivity contribution < 1.29 is 0 Å². The van der Waals surface area contributed by atoms with Crippen molar-refractivity contribution in [1.82, 2.24) is 9.97 Å². The number of nitrogens with zero attached hydrogens (tertiary/aromatic N) is 2. The van der Waals surface area contributed by atoms with Gasteiger partial charge in [-0.1, -0.05) is 29.8 Å². The van der Waals surface area contributed by atoms with E-state index in [1.54, 1.807) is 23.7 Å². The van der Waals surface area contributed by atoms with Crippen molar-refractivity contribution in [3.63, 3.8) is 0 Å². The predicted molar refractivity (Wildman–Crippen MR) is 75.5 cm³/mol. The topological polar surface area (TPSA) is 25.8 Å². The molecule has 0 fully saturated rings. The van der Waals surface area contributed by atoms with Crippen LogP contribution >= 0.6 is 11.3 Å². The van der Waals surface area contributed by atoms with Gasteiger partial charge in [-0.3, -0.25) is 4.98 Å². The van der Waals surface area contributed by atoms with Gasteiger partial charge in [-0.15, -0.1) is 11.3 Å². The summed E-state index contributed by atoms with van der Waals surface area (Å²) in [5.41, 5.74) is 4.56. The van der Waals surface area contributed by atoms with Crippen LogP contribution in [0.3, 0.4) is 0 Å². The summed E-state index contributed by atoms with van der Waals surface area (Å²) in [6.45, 7) is 2.09. The zero-order valence-electron chi connectivity index (χ0n) is 10.00. The largest absolute Gasteiger partial charge is 0.265 e. The molecule has 0 N–H and O–H groups in total. The summed E-state index contributed by atoms with van der Waals surface area (Å²) in [6, 6.07) is 12.4. The summed E-state index contributed by atoms with van der Waals surface area (Å²) in [6.07, 6.45) is 3.58. The van der Waals surface area contributed by atoms with E-state index in [1.807, 2.05) is 12.1 Å². The molecule has 0 radical (unpaired) electrons. The van der Waals surface area contributed by atoms with Crippen molar-refractivity contribution in [2.45, 2.75) is 6.92 Å². The minimum atomic E-state index is 1.01. The summed E-state index contributed by atoms with van der Waals surface area (Å²) in [4.78, 5) is 8.69. The first kappa shape index (κ1) is 11.1. The fourth-order valence-electron chi connectivity index (χ4n) is 1.76. The number of thiazole rings is 1. The summed E-state index contributed by atoms with van der Waals surface area (Å²) in [5, 5.41) is 3.15. The molecule has 3 aromatic rings. The first-order valence-electron chi connectivity index (χ1n) is 5.76. The quantitative estimate of drug-likeness (QED) is 0.683. The van der Waals surface area contributed by atoms with Gasteiger partial charge in [-0.2, -0.15) is 0 Å². The maximum Gasteiger partial charge on any atom is 0.124 e. The second-order valence-electron chi connectivity index (χ2n) is 4.14. The van der Waals surface area contributed by atoms with Crippen LogP contribution in [0.1, 0.15) is 5.56 Å². The van der Waals surface area contributed by atoms with Gasteiger partial charge in [-0.25, -0.2) is 4.98 Å². The minimum Gasteiger partial charge on any atom is -0.265 e. The zero-order chi connectivity index (χ0) is 12.4. The minimum absolute atomic E-state index is 1.01. The summed E-state index contributed by atoms with van der Waals surface area (Å²) in [5.74, 6) is 0. The van der Waals surface area contributed by atoms with Crippen LogP contribution in [-0.2, 0) is 0 Å². The average Bonchev–Trinajstić information content (AvgIpc) is 2.90. The molecule has 0 saturated carbocycles. The van der Waals surface area contributed by atoms with Crippen LogP contribution in [0.25, 0.3) is 21.8 Å². The number of hydrogen-bond acceptors (Lipinski definition) is 3. The normalized spacial score (nSPS) is 10.5. The second kappa shape index (κ2) is 4.70. The van der Waals surface area contributed by atoms with Crippen LogP contribution in [0.15, 0.2) is 54.2 Å². The lowest BCUT2D eigenvalue weighted by Gasteiger charge is -1.97. The molecule has 2 nitrogen and oxygen atoms in total. The van der Waals surface area contributed by atoms with Gasteiger partial charge in [0, 0.05) is 28.9 Å². The first-order valence-corrected chi connectivity index (χ1v) is 6.64. The van der Waals surface area contributed by atoms with Crippen LogP contribution in [0, 0.1) is 6.92 Å². The van der Waals surface area contributed by atoms with E-state index in [2.05, 4.69) is 46.5 Å². The standard InChI is InChI=1S/C15H12N2S/c1-11-2-4-13(5-3-11)15-17-14(10-18-15)12-6-8-16-9-7-12/h2-10H,1H3. The molecule has 0 aliphatic heterocycles. The van der Waals surface area contributed by atoms with Gasteiger partial charge >= 0.3 is 0 Å².